The van der Waals surface area contributed by atoms with Crippen molar-refractivity contribution in [3.05, 3.63) is 78.4 Å². The number of rotatable bonds is 5. The van der Waals surface area contributed by atoms with Gasteiger partial charge in [-0.15, -0.1) is 0 Å². The number of aromatic nitrogens is 1. The predicted octanol–water partition coefficient (Wildman–Crippen LogP) is 5.44. The van der Waals surface area contributed by atoms with Crippen LogP contribution in [0.15, 0.2) is 72.8 Å². The van der Waals surface area contributed by atoms with Gasteiger partial charge < -0.3 is 10.6 Å². The number of nitrogens with one attached hydrogen (secondary N) is 3. The zero-order valence-corrected chi connectivity index (χ0v) is 18.8. The van der Waals surface area contributed by atoms with E-state index in [0.29, 0.717) is 17.1 Å². The maximum Gasteiger partial charge on any atom is 0.257 e. The highest BCUT2D eigenvalue weighted by Crippen LogP contribution is 2.28. The lowest BCUT2D eigenvalue weighted by molar-refractivity contribution is -0.115. The molecule has 0 bridgehead atoms. The summed E-state index contributed by atoms with van der Waals surface area (Å²) in [5.74, 6) is -0.367. The van der Waals surface area contributed by atoms with Gasteiger partial charge in [0.15, 0.2) is 10.2 Å². The second-order valence-corrected chi connectivity index (χ2v) is 8.39. The van der Waals surface area contributed by atoms with Crippen molar-refractivity contribution in [2.24, 2.45) is 0 Å². The average Bonchev–Trinajstić information content (AvgIpc) is 3.21. The molecule has 32 heavy (non-hydrogen) atoms. The summed E-state index contributed by atoms with van der Waals surface area (Å²) in [6.45, 7) is 1.79. The van der Waals surface area contributed by atoms with Gasteiger partial charge in [-0.3, -0.25) is 14.9 Å². The van der Waals surface area contributed by atoms with Crippen molar-refractivity contribution in [2.45, 2.75) is 13.3 Å². The van der Waals surface area contributed by atoms with Gasteiger partial charge in [-0.2, -0.15) is 0 Å². The molecular weight excluding hydrogens is 440 g/mol. The molecule has 0 radical (unpaired) electrons. The fraction of sp³-hybridized carbons (Fsp3) is 0.0833. The molecule has 8 heteroatoms. The normalized spacial score (nSPS) is 10.5. The van der Waals surface area contributed by atoms with Gasteiger partial charge in [-0.25, -0.2) is 4.98 Å². The molecule has 3 N–H and O–H groups in total. The molecule has 1 heterocycles. The minimum atomic E-state index is -0.287. The average molecular weight is 461 g/mol. The van der Waals surface area contributed by atoms with E-state index in [-0.39, 0.29) is 16.9 Å². The molecule has 3 aromatic carbocycles. The van der Waals surface area contributed by atoms with Crippen LogP contribution < -0.4 is 16.0 Å². The van der Waals surface area contributed by atoms with Crippen molar-refractivity contribution < 1.29 is 9.59 Å². The Morgan fingerprint density at radius 3 is 2.38 bits per heavy atom. The van der Waals surface area contributed by atoms with Gasteiger partial charge in [0, 0.05) is 17.7 Å². The Balaban J connectivity index is 1.39. The molecule has 6 nitrogen and oxygen atoms in total. The maximum absolute atomic E-state index is 12.6. The van der Waals surface area contributed by atoms with Crippen molar-refractivity contribution in [1.82, 2.24) is 10.3 Å². The number of thiocarbonyl (C=S) groups is 1. The number of fused-ring (bicyclic) bond motifs is 1. The monoisotopic (exact) mass is 460 g/mol. The molecule has 1 aromatic heterocycles. The molecule has 0 aliphatic heterocycles. The van der Waals surface area contributed by atoms with E-state index >= 15 is 0 Å². The number of benzene rings is 3. The van der Waals surface area contributed by atoms with Gasteiger partial charge in [0.25, 0.3) is 5.91 Å². The van der Waals surface area contributed by atoms with Crippen molar-refractivity contribution >= 4 is 61.5 Å². The van der Waals surface area contributed by atoms with Crippen molar-refractivity contribution in [3.63, 3.8) is 0 Å². The third kappa shape index (κ3) is 5.16. The Bertz CT molecular complexity index is 1280. The number of hydrogen-bond donors (Lipinski definition) is 3. The van der Waals surface area contributed by atoms with Crippen molar-refractivity contribution in [3.8, 4) is 11.1 Å². The maximum atomic E-state index is 12.6. The molecule has 2 amide bonds. The summed E-state index contributed by atoms with van der Waals surface area (Å²) < 4.78 is 0.895. The third-order valence-corrected chi connectivity index (χ3v) is 5.83. The smallest absolute Gasteiger partial charge is 0.257 e. The fourth-order valence-corrected chi connectivity index (χ4v) is 4.18. The molecule has 4 rings (SSSR count). The lowest BCUT2D eigenvalue weighted by Crippen LogP contribution is -2.34. The zero-order chi connectivity index (χ0) is 22.5. The minimum Gasteiger partial charge on any atom is -0.332 e. The lowest BCUT2D eigenvalue weighted by atomic mass is 10.0. The number of carbonyl (C=O) groups excluding carboxylic acids is 2. The van der Waals surface area contributed by atoms with Crippen LogP contribution >= 0.6 is 23.6 Å². The third-order valence-electron chi connectivity index (χ3n) is 4.70. The van der Waals surface area contributed by atoms with E-state index in [4.69, 9.17) is 12.2 Å². The van der Waals surface area contributed by atoms with Gasteiger partial charge in [-0.05, 0) is 53.7 Å². The van der Waals surface area contributed by atoms with E-state index < -0.39 is 0 Å². The Morgan fingerprint density at radius 1 is 0.938 bits per heavy atom. The highest BCUT2D eigenvalue weighted by atomic mass is 32.1. The number of amides is 2. The van der Waals surface area contributed by atoms with Gasteiger partial charge in [0.05, 0.1) is 10.2 Å². The number of carbonyl (C=O) groups is 2. The van der Waals surface area contributed by atoms with Crippen LogP contribution in [0.1, 0.15) is 23.7 Å². The Kier molecular flexibility index (Phi) is 6.53. The Hall–Kier alpha value is -3.62. The van der Waals surface area contributed by atoms with Crippen LogP contribution in [0.2, 0.25) is 0 Å². The van der Waals surface area contributed by atoms with Gasteiger partial charge in [-0.1, -0.05) is 60.7 Å². The fourth-order valence-electron chi connectivity index (χ4n) is 3.05. The van der Waals surface area contributed by atoms with E-state index in [1.165, 1.54) is 11.3 Å². The van der Waals surface area contributed by atoms with Gasteiger partial charge >= 0.3 is 0 Å². The summed E-state index contributed by atoms with van der Waals surface area (Å²) in [4.78, 5) is 28.5. The van der Waals surface area contributed by atoms with Crippen LogP contribution in [-0.4, -0.2) is 21.9 Å². The van der Waals surface area contributed by atoms with Crippen molar-refractivity contribution in [2.75, 3.05) is 10.6 Å². The molecule has 0 aliphatic rings. The molecule has 0 unspecified atom stereocenters. The summed E-state index contributed by atoms with van der Waals surface area (Å²) >= 11 is 6.68. The second kappa shape index (κ2) is 9.67. The molecular formula is C24H20N4O2S2. The van der Waals surface area contributed by atoms with E-state index in [9.17, 15) is 9.59 Å². The van der Waals surface area contributed by atoms with Crippen LogP contribution in [0.5, 0.6) is 0 Å². The summed E-state index contributed by atoms with van der Waals surface area (Å²) in [6, 6.07) is 22.9. The minimum absolute atomic E-state index is 0.0805. The van der Waals surface area contributed by atoms with Crippen LogP contribution in [0.3, 0.4) is 0 Å². The molecule has 4 aromatic rings. The standard InChI is InChI=1S/C24H20N4O2S2/c1-2-21(29)27-24-26-19-13-12-18(14-20(19)32-24)25-23(31)28-22(30)17-10-8-16(9-11-17)15-6-4-3-5-7-15/h3-14H,2H2,1H3,(H,26,27,29)(H2,25,28,30,31). The van der Waals surface area contributed by atoms with Crippen LogP contribution in [0, 0.1) is 0 Å². The second-order valence-electron chi connectivity index (χ2n) is 6.95. The molecule has 0 aliphatic carbocycles. The predicted molar refractivity (Wildman–Crippen MR) is 134 cm³/mol. The van der Waals surface area contributed by atoms with Crippen LogP contribution in [0.25, 0.3) is 21.3 Å². The highest BCUT2D eigenvalue weighted by Gasteiger charge is 2.10. The van der Waals surface area contributed by atoms with Crippen molar-refractivity contribution in [1.29, 1.82) is 0 Å². The summed E-state index contributed by atoms with van der Waals surface area (Å²) in [5.41, 5.74) is 4.14. The van der Waals surface area contributed by atoms with E-state index in [1.807, 2.05) is 60.7 Å². The molecule has 160 valence electrons. The number of hydrogen-bond acceptors (Lipinski definition) is 5. The number of nitrogens with zero attached hydrogens (tertiary/aromatic N) is 1. The summed E-state index contributed by atoms with van der Waals surface area (Å²) in [7, 11) is 0. The first-order valence-corrected chi connectivity index (χ1v) is 11.2. The Morgan fingerprint density at radius 2 is 1.66 bits per heavy atom. The molecule has 0 atom stereocenters. The first-order valence-electron chi connectivity index (χ1n) is 10.00. The molecule has 0 fully saturated rings. The summed E-state index contributed by atoms with van der Waals surface area (Å²) in [5, 5.41) is 9.25. The largest absolute Gasteiger partial charge is 0.332 e. The van der Waals surface area contributed by atoms with E-state index in [0.717, 1.165) is 27.0 Å². The van der Waals surface area contributed by atoms with Crippen LogP contribution in [-0.2, 0) is 4.79 Å². The highest BCUT2D eigenvalue weighted by molar-refractivity contribution is 7.80. The van der Waals surface area contributed by atoms with Gasteiger partial charge in [0.1, 0.15) is 0 Å². The van der Waals surface area contributed by atoms with E-state index in [1.54, 1.807) is 19.1 Å². The van der Waals surface area contributed by atoms with Gasteiger partial charge in [0.2, 0.25) is 5.91 Å². The molecule has 0 spiro atoms. The SMILES string of the molecule is CCC(=O)Nc1nc2ccc(NC(=S)NC(=O)c3ccc(-c4ccccc4)cc3)cc2s1. The first-order chi connectivity index (χ1) is 15.5. The topological polar surface area (TPSA) is 83.1 Å². The Labute approximate surface area is 194 Å². The quantitative estimate of drug-likeness (QED) is 0.346. The number of thiazole rings is 1. The number of anilines is 2. The first kappa shape index (κ1) is 21.6. The lowest BCUT2D eigenvalue weighted by Gasteiger charge is -2.10. The molecule has 0 saturated carbocycles. The zero-order valence-electron chi connectivity index (χ0n) is 17.2. The van der Waals surface area contributed by atoms with Crippen LogP contribution in [0.4, 0.5) is 10.8 Å². The van der Waals surface area contributed by atoms with E-state index in [2.05, 4.69) is 20.9 Å². The summed E-state index contributed by atoms with van der Waals surface area (Å²) in [6.07, 6.45) is 0.395. The molecule has 0 saturated heterocycles.